The molecule has 0 bridgehead atoms. The van der Waals surface area contributed by atoms with Crippen molar-refractivity contribution in [1.82, 2.24) is 18.5 Å². The Hall–Kier alpha value is -2.37. The lowest BCUT2D eigenvalue weighted by atomic mass is 10.0. The van der Waals surface area contributed by atoms with Gasteiger partial charge in [0.15, 0.2) is 0 Å². The molecule has 0 saturated carbocycles. The van der Waals surface area contributed by atoms with Crippen molar-refractivity contribution in [2.45, 2.75) is 35.7 Å². The van der Waals surface area contributed by atoms with E-state index in [0.717, 1.165) is 29.6 Å². The molecule has 3 aromatic rings. The molecular formula is C24H28N4O4S2. The largest absolute Gasteiger partial charge is 0.302 e. The molecule has 0 N–H and O–H groups in total. The first-order valence-corrected chi connectivity index (χ1v) is 14.2. The van der Waals surface area contributed by atoms with E-state index in [0.29, 0.717) is 16.7 Å². The number of likely N-dealkylation sites (N-methyl/N-ethyl adjacent to an activating group) is 1. The molecule has 1 fully saturated rings. The highest BCUT2D eigenvalue weighted by atomic mass is 32.2. The summed E-state index contributed by atoms with van der Waals surface area (Å²) in [4.78, 5) is 6.82. The summed E-state index contributed by atoms with van der Waals surface area (Å²) in [5, 5.41) is 1.36. The highest BCUT2D eigenvalue weighted by molar-refractivity contribution is 7.89. The Bertz CT molecular complexity index is 1450. The van der Waals surface area contributed by atoms with Crippen molar-refractivity contribution in [3.8, 4) is 0 Å². The molecule has 2 aliphatic rings. The molecule has 180 valence electrons. The third-order valence-electron chi connectivity index (χ3n) is 6.79. The highest BCUT2D eigenvalue weighted by Gasteiger charge is 2.39. The van der Waals surface area contributed by atoms with E-state index < -0.39 is 26.1 Å². The van der Waals surface area contributed by atoms with Crippen LogP contribution in [0.3, 0.4) is 0 Å². The monoisotopic (exact) mass is 500 g/mol. The number of piperazine rings is 1. The molecular weight excluding hydrogens is 472 g/mol. The van der Waals surface area contributed by atoms with Gasteiger partial charge in [0, 0.05) is 61.9 Å². The topological polar surface area (TPSA) is 90.9 Å². The van der Waals surface area contributed by atoms with Crippen LogP contribution in [0.15, 0.2) is 64.6 Å². The Balaban J connectivity index is 1.43. The van der Waals surface area contributed by atoms with Gasteiger partial charge in [-0.25, -0.2) is 16.8 Å². The summed E-state index contributed by atoms with van der Waals surface area (Å²) >= 11 is 0. The minimum absolute atomic E-state index is 0.0992. The lowest BCUT2D eigenvalue weighted by Crippen LogP contribution is -2.55. The smallest absolute Gasteiger partial charge is 0.244 e. The molecule has 0 aliphatic carbocycles. The van der Waals surface area contributed by atoms with Crippen LogP contribution in [-0.4, -0.2) is 74.6 Å². The predicted octanol–water partition coefficient (Wildman–Crippen LogP) is 2.31. The quantitative estimate of drug-likeness (QED) is 0.546. The summed E-state index contributed by atoms with van der Waals surface area (Å²) in [6.07, 6.45) is 3.90. The van der Waals surface area contributed by atoms with E-state index in [1.54, 1.807) is 49.6 Å². The van der Waals surface area contributed by atoms with E-state index in [2.05, 4.69) is 9.88 Å². The summed E-state index contributed by atoms with van der Waals surface area (Å²) in [6, 6.07) is 11.8. The van der Waals surface area contributed by atoms with Crippen molar-refractivity contribution < 1.29 is 16.8 Å². The summed E-state index contributed by atoms with van der Waals surface area (Å²) in [5.74, 6) is 0. The van der Waals surface area contributed by atoms with Crippen LogP contribution in [0.5, 0.6) is 0 Å². The molecule has 10 heteroatoms. The van der Waals surface area contributed by atoms with Crippen LogP contribution < -0.4 is 0 Å². The Morgan fingerprint density at radius 1 is 0.912 bits per heavy atom. The minimum Gasteiger partial charge on any atom is -0.302 e. The fourth-order valence-electron chi connectivity index (χ4n) is 5.02. The first kappa shape index (κ1) is 23.4. The number of hydrogen-bond acceptors (Lipinski definition) is 6. The number of aromatic nitrogens is 1. The lowest BCUT2D eigenvalue weighted by Gasteiger charge is -2.38. The molecule has 1 atom stereocenters. The maximum absolute atomic E-state index is 13.6. The van der Waals surface area contributed by atoms with E-state index in [4.69, 9.17) is 0 Å². The number of sulfonamides is 2. The second kappa shape index (κ2) is 8.69. The molecule has 5 rings (SSSR count). The van der Waals surface area contributed by atoms with Crippen molar-refractivity contribution >= 4 is 30.8 Å². The summed E-state index contributed by atoms with van der Waals surface area (Å²) in [6.45, 7) is 3.62. The van der Waals surface area contributed by atoms with Crippen molar-refractivity contribution in [1.29, 1.82) is 0 Å². The second-order valence-corrected chi connectivity index (χ2v) is 12.8. The standard InChI is InChI=1S/C24H28N4O4S2/c1-18-16-27(33(29,30)23-7-4-6-20-17-26(2)12-10-22(20)23)13-14-28(18)34(31,32)24-8-3-5-19-15-25-11-9-21(19)24/h3-9,11,15,18H,10,12-14,16-17H2,1-2H3. The van der Waals surface area contributed by atoms with Gasteiger partial charge in [-0.3, -0.25) is 4.98 Å². The fraction of sp³-hybridized carbons (Fsp3) is 0.375. The Kier molecular flexibility index (Phi) is 5.97. The molecule has 3 heterocycles. The third kappa shape index (κ3) is 3.93. The maximum Gasteiger partial charge on any atom is 0.244 e. The normalized spacial score (nSPS) is 20.9. The van der Waals surface area contributed by atoms with Gasteiger partial charge in [0.2, 0.25) is 20.0 Å². The van der Waals surface area contributed by atoms with E-state index in [-0.39, 0.29) is 24.5 Å². The average molecular weight is 501 g/mol. The third-order valence-corrected chi connectivity index (χ3v) is 10.8. The SMILES string of the molecule is CC1CN(S(=O)(=O)c2cccc3c2CCN(C)C3)CCN1S(=O)(=O)c1cccc2cnccc12. The maximum atomic E-state index is 13.6. The molecule has 1 saturated heterocycles. The van der Waals surface area contributed by atoms with Gasteiger partial charge in [-0.1, -0.05) is 24.3 Å². The number of hydrogen-bond donors (Lipinski definition) is 0. The summed E-state index contributed by atoms with van der Waals surface area (Å²) < 4.78 is 57.3. The van der Waals surface area contributed by atoms with E-state index in [1.807, 2.05) is 19.2 Å². The van der Waals surface area contributed by atoms with Crippen molar-refractivity contribution in [2.24, 2.45) is 0 Å². The van der Waals surface area contributed by atoms with Gasteiger partial charge in [-0.15, -0.1) is 0 Å². The fourth-order valence-corrected chi connectivity index (χ4v) is 8.66. The number of rotatable bonds is 4. The molecule has 2 aliphatic heterocycles. The van der Waals surface area contributed by atoms with Crippen LogP contribution in [0.2, 0.25) is 0 Å². The second-order valence-electron chi connectivity index (χ2n) is 9.06. The van der Waals surface area contributed by atoms with Crippen LogP contribution in [-0.2, 0) is 33.0 Å². The number of pyridine rings is 1. The Morgan fingerprint density at radius 2 is 1.68 bits per heavy atom. The number of nitrogens with zero attached hydrogens (tertiary/aromatic N) is 4. The molecule has 1 aromatic heterocycles. The Labute approximate surface area is 200 Å². The average Bonchev–Trinajstić information content (AvgIpc) is 2.82. The lowest BCUT2D eigenvalue weighted by molar-refractivity contribution is 0.212. The zero-order chi connectivity index (χ0) is 24.1. The molecule has 0 spiro atoms. The summed E-state index contributed by atoms with van der Waals surface area (Å²) in [5.41, 5.74) is 1.92. The van der Waals surface area contributed by atoms with Crippen LogP contribution in [0, 0.1) is 0 Å². The zero-order valence-corrected chi connectivity index (χ0v) is 20.9. The molecule has 34 heavy (non-hydrogen) atoms. The first-order chi connectivity index (χ1) is 16.2. The van der Waals surface area contributed by atoms with Crippen LogP contribution in [0.1, 0.15) is 18.1 Å². The molecule has 1 unspecified atom stereocenters. The van der Waals surface area contributed by atoms with Gasteiger partial charge in [0.05, 0.1) is 9.79 Å². The van der Waals surface area contributed by atoms with E-state index in [1.165, 1.54) is 8.61 Å². The number of fused-ring (bicyclic) bond motifs is 2. The minimum atomic E-state index is -3.81. The van der Waals surface area contributed by atoms with Gasteiger partial charge in [0.1, 0.15) is 0 Å². The van der Waals surface area contributed by atoms with Gasteiger partial charge in [0.25, 0.3) is 0 Å². The van der Waals surface area contributed by atoms with Crippen LogP contribution in [0.4, 0.5) is 0 Å². The molecule has 0 amide bonds. The first-order valence-electron chi connectivity index (χ1n) is 11.3. The number of benzene rings is 2. The van der Waals surface area contributed by atoms with Crippen molar-refractivity contribution in [3.63, 3.8) is 0 Å². The zero-order valence-electron chi connectivity index (χ0n) is 19.3. The molecule has 8 nitrogen and oxygen atoms in total. The molecule has 2 aromatic carbocycles. The van der Waals surface area contributed by atoms with Gasteiger partial charge in [-0.2, -0.15) is 8.61 Å². The molecule has 0 radical (unpaired) electrons. The van der Waals surface area contributed by atoms with Crippen molar-refractivity contribution in [2.75, 3.05) is 33.2 Å². The Morgan fingerprint density at radius 3 is 2.47 bits per heavy atom. The summed E-state index contributed by atoms with van der Waals surface area (Å²) in [7, 11) is -5.52. The predicted molar refractivity (Wildman–Crippen MR) is 130 cm³/mol. The van der Waals surface area contributed by atoms with Crippen LogP contribution in [0.25, 0.3) is 10.8 Å². The van der Waals surface area contributed by atoms with E-state index in [9.17, 15) is 16.8 Å². The van der Waals surface area contributed by atoms with Gasteiger partial charge in [-0.05, 0) is 49.7 Å². The van der Waals surface area contributed by atoms with E-state index >= 15 is 0 Å². The van der Waals surface area contributed by atoms with Crippen molar-refractivity contribution in [3.05, 3.63) is 66.0 Å². The van der Waals surface area contributed by atoms with Gasteiger partial charge < -0.3 is 4.90 Å². The van der Waals surface area contributed by atoms with Crippen LogP contribution >= 0.6 is 0 Å². The van der Waals surface area contributed by atoms with Gasteiger partial charge >= 0.3 is 0 Å². The highest BCUT2D eigenvalue weighted by Crippen LogP contribution is 2.31.